The van der Waals surface area contributed by atoms with Gasteiger partial charge in [-0.25, -0.2) is 0 Å². The number of amides is 2. The SMILES string of the molecule is O=C(CCCCCl)N1CC(=O)N2CCc3ccccc3C2C1. The Bertz CT molecular complexity index is 576. The van der Waals surface area contributed by atoms with Gasteiger partial charge in [-0.1, -0.05) is 24.3 Å². The fraction of sp³-hybridized carbons (Fsp3) is 0.529. The number of carbonyl (C=O) groups excluding carboxylic acids is 2. The van der Waals surface area contributed by atoms with E-state index in [-0.39, 0.29) is 24.4 Å². The molecular weight excluding hydrogens is 300 g/mol. The van der Waals surface area contributed by atoms with Gasteiger partial charge in [0.2, 0.25) is 11.8 Å². The third kappa shape index (κ3) is 2.98. The van der Waals surface area contributed by atoms with Gasteiger partial charge in [-0.05, 0) is 30.4 Å². The number of hydrogen-bond acceptors (Lipinski definition) is 2. The first-order valence-corrected chi connectivity index (χ1v) is 8.45. The summed E-state index contributed by atoms with van der Waals surface area (Å²) in [5.74, 6) is 0.716. The van der Waals surface area contributed by atoms with E-state index in [0.717, 1.165) is 25.8 Å². The summed E-state index contributed by atoms with van der Waals surface area (Å²) in [6, 6.07) is 8.27. The van der Waals surface area contributed by atoms with Gasteiger partial charge in [-0.2, -0.15) is 0 Å². The van der Waals surface area contributed by atoms with Crippen LogP contribution in [-0.2, 0) is 16.0 Å². The Morgan fingerprint density at radius 3 is 2.91 bits per heavy atom. The molecule has 2 heterocycles. The molecule has 0 aromatic heterocycles. The van der Waals surface area contributed by atoms with Gasteiger partial charge >= 0.3 is 0 Å². The van der Waals surface area contributed by atoms with Crippen molar-refractivity contribution < 1.29 is 9.59 Å². The smallest absolute Gasteiger partial charge is 0.242 e. The Labute approximate surface area is 136 Å². The number of carbonyl (C=O) groups is 2. The second-order valence-corrected chi connectivity index (χ2v) is 6.35. The summed E-state index contributed by atoms with van der Waals surface area (Å²) in [6.45, 7) is 1.59. The molecule has 4 nitrogen and oxygen atoms in total. The van der Waals surface area contributed by atoms with Gasteiger partial charge in [0.05, 0.1) is 12.6 Å². The second-order valence-electron chi connectivity index (χ2n) is 5.97. The molecule has 2 amide bonds. The number of rotatable bonds is 4. The Balaban J connectivity index is 1.75. The maximum Gasteiger partial charge on any atom is 0.242 e. The maximum absolute atomic E-state index is 12.4. The zero-order valence-corrected chi connectivity index (χ0v) is 13.4. The van der Waals surface area contributed by atoms with Gasteiger partial charge in [0, 0.05) is 25.4 Å². The minimum atomic E-state index is 0.0168. The first-order valence-electron chi connectivity index (χ1n) is 7.91. The molecule has 0 radical (unpaired) electrons. The van der Waals surface area contributed by atoms with E-state index in [9.17, 15) is 9.59 Å². The van der Waals surface area contributed by atoms with Gasteiger partial charge in [-0.15, -0.1) is 11.6 Å². The number of unbranched alkanes of at least 4 members (excludes halogenated alkanes) is 1. The van der Waals surface area contributed by atoms with Crippen LogP contribution in [0.25, 0.3) is 0 Å². The average molecular weight is 321 g/mol. The molecule has 1 atom stereocenters. The second kappa shape index (κ2) is 6.69. The summed E-state index contributed by atoms with van der Waals surface area (Å²) in [5.41, 5.74) is 2.49. The van der Waals surface area contributed by atoms with Gasteiger partial charge in [0.15, 0.2) is 0 Å². The molecule has 3 rings (SSSR count). The van der Waals surface area contributed by atoms with Crippen LogP contribution in [0.15, 0.2) is 24.3 Å². The zero-order chi connectivity index (χ0) is 15.5. The quantitative estimate of drug-likeness (QED) is 0.631. The third-order valence-corrected chi connectivity index (χ3v) is 4.85. The van der Waals surface area contributed by atoms with Crippen molar-refractivity contribution in [1.82, 2.24) is 9.80 Å². The van der Waals surface area contributed by atoms with Crippen molar-refractivity contribution in [3.05, 3.63) is 35.4 Å². The highest BCUT2D eigenvalue weighted by Crippen LogP contribution is 2.33. The van der Waals surface area contributed by atoms with E-state index in [1.54, 1.807) is 4.90 Å². The lowest BCUT2D eigenvalue weighted by Crippen LogP contribution is -2.55. The first-order chi connectivity index (χ1) is 10.7. The molecule has 0 saturated carbocycles. The number of nitrogens with zero attached hydrogens (tertiary/aromatic N) is 2. The van der Waals surface area contributed by atoms with Crippen LogP contribution in [0.1, 0.15) is 36.4 Å². The highest BCUT2D eigenvalue weighted by molar-refractivity contribution is 6.17. The summed E-state index contributed by atoms with van der Waals surface area (Å²) in [7, 11) is 0. The molecule has 0 N–H and O–H groups in total. The summed E-state index contributed by atoms with van der Waals surface area (Å²) < 4.78 is 0. The largest absolute Gasteiger partial charge is 0.332 e. The molecule has 5 heteroatoms. The van der Waals surface area contributed by atoms with E-state index >= 15 is 0 Å². The predicted octanol–water partition coefficient (Wildman–Crippen LogP) is 2.36. The minimum absolute atomic E-state index is 0.0168. The van der Waals surface area contributed by atoms with Crippen LogP contribution in [0.3, 0.4) is 0 Å². The Morgan fingerprint density at radius 1 is 1.27 bits per heavy atom. The normalized spacial score (nSPS) is 20.6. The van der Waals surface area contributed by atoms with Crippen molar-refractivity contribution in [2.75, 3.05) is 25.5 Å². The van der Waals surface area contributed by atoms with Gasteiger partial charge in [0.25, 0.3) is 0 Å². The minimum Gasteiger partial charge on any atom is -0.332 e. The molecule has 0 spiro atoms. The van der Waals surface area contributed by atoms with Crippen LogP contribution in [0.5, 0.6) is 0 Å². The molecule has 0 aliphatic carbocycles. The van der Waals surface area contributed by atoms with E-state index in [0.29, 0.717) is 18.8 Å². The van der Waals surface area contributed by atoms with Crippen molar-refractivity contribution in [3.63, 3.8) is 0 Å². The highest BCUT2D eigenvalue weighted by Gasteiger charge is 2.38. The van der Waals surface area contributed by atoms with Crippen molar-refractivity contribution in [2.24, 2.45) is 0 Å². The molecular formula is C17H21ClN2O2. The van der Waals surface area contributed by atoms with E-state index in [1.807, 2.05) is 17.0 Å². The highest BCUT2D eigenvalue weighted by atomic mass is 35.5. The van der Waals surface area contributed by atoms with Crippen LogP contribution in [-0.4, -0.2) is 47.1 Å². The summed E-state index contributed by atoms with van der Waals surface area (Å²) in [5, 5.41) is 0. The topological polar surface area (TPSA) is 40.6 Å². The Kier molecular flexibility index (Phi) is 4.67. The lowest BCUT2D eigenvalue weighted by molar-refractivity contribution is -0.149. The lowest BCUT2D eigenvalue weighted by atomic mass is 9.90. The molecule has 0 bridgehead atoms. The van der Waals surface area contributed by atoms with Crippen LogP contribution in [0.4, 0.5) is 0 Å². The zero-order valence-electron chi connectivity index (χ0n) is 12.6. The molecule has 1 saturated heterocycles. The van der Waals surface area contributed by atoms with Crippen molar-refractivity contribution in [3.8, 4) is 0 Å². The van der Waals surface area contributed by atoms with E-state index in [2.05, 4.69) is 12.1 Å². The molecule has 1 aromatic carbocycles. The van der Waals surface area contributed by atoms with E-state index in [1.165, 1.54) is 11.1 Å². The first kappa shape index (κ1) is 15.3. The van der Waals surface area contributed by atoms with Gasteiger partial charge < -0.3 is 9.80 Å². The van der Waals surface area contributed by atoms with Crippen LogP contribution in [0, 0.1) is 0 Å². The van der Waals surface area contributed by atoms with Crippen molar-refractivity contribution in [1.29, 1.82) is 0 Å². The number of piperazine rings is 1. The number of hydrogen-bond donors (Lipinski definition) is 0. The fourth-order valence-corrected chi connectivity index (χ4v) is 3.58. The maximum atomic E-state index is 12.4. The molecule has 2 aliphatic heterocycles. The molecule has 118 valence electrons. The van der Waals surface area contributed by atoms with Crippen LogP contribution < -0.4 is 0 Å². The van der Waals surface area contributed by atoms with E-state index < -0.39 is 0 Å². The molecule has 1 fully saturated rings. The van der Waals surface area contributed by atoms with Crippen LogP contribution in [0.2, 0.25) is 0 Å². The number of fused-ring (bicyclic) bond motifs is 3. The van der Waals surface area contributed by atoms with Crippen molar-refractivity contribution >= 4 is 23.4 Å². The number of halogens is 1. The molecule has 22 heavy (non-hydrogen) atoms. The lowest BCUT2D eigenvalue weighted by Gasteiger charge is -2.44. The average Bonchev–Trinajstić information content (AvgIpc) is 2.54. The molecule has 2 aliphatic rings. The molecule has 1 unspecified atom stereocenters. The Hall–Kier alpha value is -1.55. The summed E-state index contributed by atoms with van der Waals surface area (Å²) in [6.07, 6.45) is 3.02. The monoisotopic (exact) mass is 320 g/mol. The van der Waals surface area contributed by atoms with Crippen LogP contribution >= 0.6 is 11.6 Å². The van der Waals surface area contributed by atoms with Crippen molar-refractivity contribution in [2.45, 2.75) is 31.7 Å². The third-order valence-electron chi connectivity index (χ3n) is 4.58. The van der Waals surface area contributed by atoms with Gasteiger partial charge in [0.1, 0.15) is 0 Å². The number of alkyl halides is 1. The summed E-state index contributed by atoms with van der Waals surface area (Å²) >= 11 is 5.66. The van der Waals surface area contributed by atoms with E-state index in [4.69, 9.17) is 11.6 Å². The Morgan fingerprint density at radius 2 is 2.09 bits per heavy atom. The predicted molar refractivity (Wildman–Crippen MR) is 85.8 cm³/mol. The standard InChI is InChI=1S/C17H21ClN2O2/c18-9-4-3-7-16(21)19-11-15-14-6-2-1-5-13(14)8-10-20(15)17(22)12-19/h1-2,5-6,15H,3-4,7-12H2. The van der Waals surface area contributed by atoms with Gasteiger partial charge in [-0.3, -0.25) is 9.59 Å². The summed E-state index contributed by atoms with van der Waals surface area (Å²) in [4.78, 5) is 28.4. The molecule has 1 aromatic rings. The fourth-order valence-electron chi connectivity index (χ4n) is 3.39. The number of benzene rings is 1.